The van der Waals surface area contributed by atoms with Crippen LogP contribution in [0.4, 0.5) is 11.5 Å². The number of hydrogen-bond donors (Lipinski definition) is 1. The van der Waals surface area contributed by atoms with Crippen LogP contribution >= 0.6 is 0 Å². The Morgan fingerprint density at radius 3 is 2.87 bits per heavy atom. The van der Waals surface area contributed by atoms with Crippen molar-refractivity contribution in [2.45, 2.75) is 12.8 Å². The summed E-state index contributed by atoms with van der Waals surface area (Å²) in [7, 11) is 0. The SMILES string of the molecule is N#Cc1cccnc1N1CCCC(C(=O)Nc2ccccc2)C1. The van der Waals surface area contributed by atoms with Gasteiger partial charge in [0.1, 0.15) is 11.9 Å². The summed E-state index contributed by atoms with van der Waals surface area (Å²) in [4.78, 5) is 18.8. The van der Waals surface area contributed by atoms with Crippen LogP contribution in [-0.4, -0.2) is 24.0 Å². The zero-order chi connectivity index (χ0) is 16.1. The van der Waals surface area contributed by atoms with Crippen molar-refractivity contribution >= 4 is 17.4 Å². The van der Waals surface area contributed by atoms with Crippen LogP contribution in [0.3, 0.4) is 0 Å². The monoisotopic (exact) mass is 306 g/mol. The van der Waals surface area contributed by atoms with Gasteiger partial charge in [-0.1, -0.05) is 18.2 Å². The summed E-state index contributed by atoms with van der Waals surface area (Å²) in [5, 5.41) is 12.2. The smallest absolute Gasteiger partial charge is 0.229 e. The highest BCUT2D eigenvalue weighted by Gasteiger charge is 2.27. The number of nitrogens with zero attached hydrogens (tertiary/aromatic N) is 3. The van der Waals surface area contributed by atoms with Crippen molar-refractivity contribution in [3.8, 4) is 6.07 Å². The van der Waals surface area contributed by atoms with Gasteiger partial charge in [-0.25, -0.2) is 4.98 Å². The Morgan fingerprint density at radius 2 is 2.09 bits per heavy atom. The number of pyridine rings is 1. The molecule has 1 saturated heterocycles. The summed E-state index contributed by atoms with van der Waals surface area (Å²) in [6.45, 7) is 1.41. The summed E-state index contributed by atoms with van der Waals surface area (Å²) in [5.74, 6) is 0.597. The van der Waals surface area contributed by atoms with Gasteiger partial charge in [0, 0.05) is 25.0 Å². The molecule has 1 fully saturated rings. The molecule has 0 spiro atoms. The lowest BCUT2D eigenvalue weighted by Gasteiger charge is -2.33. The molecule has 1 N–H and O–H groups in total. The van der Waals surface area contributed by atoms with E-state index in [1.807, 2.05) is 35.2 Å². The minimum Gasteiger partial charge on any atom is -0.355 e. The maximum Gasteiger partial charge on any atom is 0.229 e. The summed E-state index contributed by atoms with van der Waals surface area (Å²) >= 11 is 0. The van der Waals surface area contributed by atoms with E-state index in [1.54, 1.807) is 18.3 Å². The minimum atomic E-state index is -0.0995. The van der Waals surface area contributed by atoms with Crippen molar-refractivity contribution in [2.24, 2.45) is 5.92 Å². The van der Waals surface area contributed by atoms with Gasteiger partial charge in [-0.3, -0.25) is 4.79 Å². The lowest BCUT2D eigenvalue weighted by molar-refractivity contribution is -0.120. The number of piperidine rings is 1. The molecule has 1 atom stereocenters. The number of carbonyl (C=O) groups excluding carboxylic acids is 1. The van der Waals surface area contributed by atoms with Gasteiger partial charge in [-0.2, -0.15) is 5.26 Å². The van der Waals surface area contributed by atoms with Crippen molar-refractivity contribution in [3.63, 3.8) is 0 Å². The second kappa shape index (κ2) is 6.93. The van der Waals surface area contributed by atoms with E-state index in [0.717, 1.165) is 25.1 Å². The van der Waals surface area contributed by atoms with Crippen LogP contribution in [0.1, 0.15) is 18.4 Å². The van der Waals surface area contributed by atoms with Crippen molar-refractivity contribution < 1.29 is 4.79 Å². The summed E-state index contributed by atoms with van der Waals surface area (Å²) in [5.41, 5.74) is 1.36. The minimum absolute atomic E-state index is 0.0235. The summed E-state index contributed by atoms with van der Waals surface area (Å²) in [6.07, 6.45) is 3.45. The number of rotatable bonds is 3. The quantitative estimate of drug-likeness (QED) is 0.946. The van der Waals surface area contributed by atoms with Gasteiger partial charge >= 0.3 is 0 Å². The molecule has 2 aromatic rings. The van der Waals surface area contributed by atoms with Crippen molar-refractivity contribution in [1.82, 2.24) is 4.98 Å². The highest BCUT2D eigenvalue weighted by Crippen LogP contribution is 2.25. The number of nitriles is 1. The first-order chi connectivity index (χ1) is 11.3. The van der Waals surface area contributed by atoms with E-state index in [1.165, 1.54) is 0 Å². The topological polar surface area (TPSA) is 69.0 Å². The first-order valence-corrected chi connectivity index (χ1v) is 7.74. The van der Waals surface area contributed by atoms with Crippen LogP contribution in [0.2, 0.25) is 0 Å². The molecule has 0 aliphatic carbocycles. The van der Waals surface area contributed by atoms with Gasteiger partial charge in [-0.05, 0) is 37.1 Å². The molecule has 0 radical (unpaired) electrons. The first kappa shape index (κ1) is 15.0. The number of para-hydroxylation sites is 1. The molecule has 1 aliphatic heterocycles. The fraction of sp³-hybridized carbons (Fsp3) is 0.278. The number of aromatic nitrogens is 1. The molecule has 3 rings (SSSR count). The second-order valence-electron chi connectivity index (χ2n) is 5.63. The van der Waals surface area contributed by atoms with Gasteiger partial charge < -0.3 is 10.2 Å². The molecule has 1 unspecified atom stereocenters. The predicted molar refractivity (Wildman–Crippen MR) is 89.0 cm³/mol. The molecule has 23 heavy (non-hydrogen) atoms. The van der Waals surface area contributed by atoms with Gasteiger partial charge in [0.05, 0.1) is 11.5 Å². The predicted octanol–water partition coefficient (Wildman–Crippen LogP) is 2.81. The molecule has 1 aromatic heterocycles. The van der Waals surface area contributed by atoms with E-state index in [-0.39, 0.29) is 11.8 Å². The van der Waals surface area contributed by atoms with Crippen LogP contribution in [-0.2, 0) is 4.79 Å². The van der Waals surface area contributed by atoms with Crippen LogP contribution < -0.4 is 10.2 Å². The van der Waals surface area contributed by atoms with Gasteiger partial charge in [0.2, 0.25) is 5.91 Å². The highest BCUT2D eigenvalue weighted by atomic mass is 16.1. The van der Waals surface area contributed by atoms with E-state index in [0.29, 0.717) is 17.9 Å². The maximum atomic E-state index is 12.5. The van der Waals surface area contributed by atoms with Crippen molar-refractivity contribution in [2.75, 3.05) is 23.3 Å². The van der Waals surface area contributed by atoms with Crippen LogP contribution in [0.5, 0.6) is 0 Å². The molecular weight excluding hydrogens is 288 g/mol. The lowest BCUT2D eigenvalue weighted by atomic mass is 9.96. The highest BCUT2D eigenvalue weighted by molar-refractivity contribution is 5.93. The molecule has 1 aliphatic rings. The number of anilines is 2. The molecule has 0 saturated carbocycles. The van der Waals surface area contributed by atoms with E-state index in [4.69, 9.17) is 0 Å². The Balaban J connectivity index is 1.71. The Kier molecular flexibility index (Phi) is 4.53. The van der Waals surface area contributed by atoms with E-state index in [9.17, 15) is 10.1 Å². The van der Waals surface area contributed by atoms with E-state index in [2.05, 4.69) is 16.4 Å². The molecule has 5 nitrogen and oxygen atoms in total. The Morgan fingerprint density at radius 1 is 1.26 bits per heavy atom. The zero-order valence-corrected chi connectivity index (χ0v) is 12.8. The number of nitrogens with one attached hydrogen (secondary N) is 1. The van der Waals surface area contributed by atoms with E-state index >= 15 is 0 Å². The van der Waals surface area contributed by atoms with Crippen molar-refractivity contribution in [1.29, 1.82) is 5.26 Å². The first-order valence-electron chi connectivity index (χ1n) is 7.74. The largest absolute Gasteiger partial charge is 0.355 e. The molecular formula is C18H18N4O. The van der Waals surface area contributed by atoms with Crippen molar-refractivity contribution in [3.05, 3.63) is 54.2 Å². The number of amides is 1. The van der Waals surface area contributed by atoms with Crippen LogP contribution in [0.15, 0.2) is 48.7 Å². The average molecular weight is 306 g/mol. The van der Waals surface area contributed by atoms with Gasteiger partial charge in [0.25, 0.3) is 0 Å². The molecule has 0 bridgehead atoms. The molecule has 5 heteroatoms. The summed E-state index contributed by atoms with van der Waals surface area (Å²) in [6, 6.07) is 15.2. The third-order valence-electron chi connectivity index (χ3n) is 4.04. The fourth-order valence-electron chi connectivity index (χ4n) is 2.89. The number of carbonyl (C=O) groups is 1. The number of benzene rings is 1. The zero-order valence-electron chi connectivity index (χ0n) is 12.8. The van der Waals surface area contributed by atoms with Crippen LogP contribution in [0, 0.1) is 17.2 Å². The third-order valence-corrected chi connectivity index (χ3v) is 4.04. The van der Waals surface area contributed by atoms with Gasteiger partial charge in [0.15, 0.2) is 0 Å². The fourth-order valence-corrected chi connectivity index (χ4v) is 2.89. The Bertz CT molecular complexity index is 723. The molecule has 1 aromatic carbocycles. The summed E-state index contributed by atoms with van der Waals surface area (Å²) < 4.78 is 0. The number of hydrogen-bond acceptors (Lipinski definition) is 4. The Hall–Kier alpha value is -2.87. The normalized spacial score (nSPS) is 17.3. The maximum absolute atomic E-state index is 12.5. The molecule has 116 valence electrons. The van der Waals surface area contributed by atoms with Gasteiger partial charge in [-0.15, -0.1) is 0 Å². The third kappa shape index (κ3) is 3.49. The van der Waals surface area contributed by atoms with Crippen LogP contribution in [0.25, 0.3) is 0 Å². The van der Waals surface area contributed by atoms with E-state index < -0.39 is 0 Å². The average Bonchev–Trinajstić information content (AvgIpc) is 2.62. The lowest BCUT2D eigenvalue weighted by Crippen LogP contribution is -2.41. The second-order valence-corrected chi connectivity index (χ2v) is 5.63. The molecule has 1 amide bonds. The standard InChI is InChI=1S/C18H18N4O/c19-12-14-6-4-10-20-17(14)22-11-5-7-15(13-22)18(23)21-16-8-2-1-3-9-16/h1-4,6,8-10,15H,5,7,11,13H2,(H,21,23). The Labute approximate surface area is 135 Å². The molecule has 2 heterocycles.